The Morgan fingerprint density at radius 3 is 1.34 bits per heavy atom. The van der Waals surface area contributed by atoms with E-state index >= 15 is 0 Å². The Hall–Kier alpha value is -5.91. The van der Waals surface area contributed by atoms with Crippen molar-refractivity contribution >= 4 is 61.8 Å². The quantitative estimate of drug-likeness (QED) is 0.0842. The Bertz CT molecular complexity index is 3180. The van der Waals surface area contributed by atoms with Crippen molar-refractivity contribution in [1.82, 2.24) is 0 Å². The van der Waals surface area contributed by atoms with Crippen LogP contribution in [-0.2, 0) is 30.2 Å². The van der Waals surface area contributed by atoms with E-state index in [4.69, 9.17) is 37.8 Å². The van der Waals surface area contributed by atoms with Gasteiger partial charge in [-0.25, -0.2) is 13.1 Å². The summed E-state index contributed by atoms with van der Waals surface area (Å²) in [5.41, 5.74) is 2.93. The molecule has 0 bridgehead atoms. The van der Waals surface area contributed by atoms with Crippen LogP contribution in [0, 0.1) is 52.4 Å². The zero-order valence-electron chi connectivity index (χ0n) is 40.3. The van der Waals surface area contributed by atoms with Crippen molar-refractivity contribution in [2.75, 3.05) is 18.9 Å². The number of hydrogen-bond donors (Lipinski definition) is 0. The second-order valence-electron chi connectivity index (χ2n) is 16.2. The number of benzene rings is 8. The summed E-state index contributed by atoms with van der Waals surface area (Å²) in [4.78, 5) is 0. The van der Waals surface area contributed by atoms with Gasteiger partial charge in [0.05, 0.1) is 14.2 Å². The summed E-state index contributed by atoms with van der Waals surface area (Å²) in [6, 6.07) is 57.6. The van der Waals surface area contributed by atoms with E-state index in [-0.39, 0.29) is 32.2 Å². The number of nitrogens with zero attached hydrogens (tertiary/aromatic N) is 1. The Morgan fingerprint density at radius 2 is 0.959 bits per heavy atom. The smallest absolute Gasteiger partial charge is 0.741 e. The Labute approximate surface area is 440 Å². The zero-order valence-corrected chi connectivity index (χ0v) is 44.4. The van der Waals surface area contributed by atoms with Crippen LogP contribution in [0.15, 0.2) is 178 Å². The van der Waals surface area contributed by atoms with Gasteiger partial charge in [-0.15, -0.1) is 0 Å². The Kier molecular flexibility index (Phi) is 20.0. The molecule has 1 aliphatic rings. The molecule has 2 atom stereocenters. The third-order valence-corrected chi connectivity index (χ3v) is 14.0. The van der Waals surface area contributed by atoms with Gasteiger partial charge in [-0.3, -0.25) is 0 Å². The average Bonchev–Trinajstić information content (AvgIpc) is 3.56. The average molecular weight is 1200 g/mol. The number of alkyl halides is 3. The van der Waals surface area contributed by atoms with Crippen LogP contribution in [0.2, 0.25) is 0 Å². The fourth-order valence-electron chi connectivity index (χ4n) is 8.20. The molecule has 0 spiro atoms. The minimum Gasteiger partial charge on any atom is -0.741 e. The summed E-state index contributed by atoms with van der Waals surface area (Å²) in [5.74, 6) is 1.55. The molecule has 8 nitrogen and oxygen atoms in total. The molecule has 0 N–H and O–H groups in total. The van der Waals surface area contributed by atoms with E-state index in [1.165, 1.54) is 22.3 Å². The van der Waals surface area contributed by atoms with E-state index in [0.717, 1.165) is 66.1 Å². The van der Waals surface area contributed by atoms with Gasteiger partial charge in [-0.05, 0) is 126 Å². The maximum atomic E-state index is 10.7. The molecule has 8 aromatic carbocycles. The third-order valence-electron chi connectivity index (χ3n) is 11.8. The molecular formula is C59H52F3IrNO7PS+. The topological polar surface area (TPSA) is 105 Å². The maximum absolute atomic E-state index is 10.7. The molecule has 1 aliphatic carbocycles. The maximum Gasteiger partial charge on any atom is 3.00 e. The minimum atomic E-state index is -6.09. The summed E-state index contributed by atoms with van der Waals surface area (Å²) in [7, 11) is -4.45. The number of fused-ring (bicyclic) bond motifs is 9. The number of unbranched alkanes of at least 4 members (excludes halogenated alkanes) is 1. The first-order valence-electron chi connectivity index (χ1n) is 22.7. The molecule has 0 saturated carbocycles. The Balaban J connectivity index is 0.000000244. The first-order valence-corrected chi connectivity index (χ1v) is 25.3. The van der Waals surface area contributed by atoms with Gasteiger partial charge < -0.3 is 29.3 Å². The number of ether oxygens (including phenoxy) is 2. The fourth-order valence-corrected chi connectivity index (χ4v) is 9.83. The first-order chi connectivity index (χ1) is 34.7. The second-order valence-corrected chi connectivity index (χ2v) is 18.9. The van der Waals surface area contributed by atoms with Crippen LogP contribution in [0.3, 0.4) is 0 Å². The number of halogens is 3. The van der Waals surface area contributed by atoms with Crippen molar-refractivity contribution in [3.63, 3.8) is 0 Å². The zero-order chi connectivity index (χ0) is 51.4. The first kappa shape index (κ1) is 56.4. The molecule has 9 aromatic rings. The van der Waals surface area contributed by atoms with Crippen molar-refractivity contribution in [3.05, 3.63) is 256 Å². The number of rotatable bonds is 8. The van der Waals surface area contributed by atoms with E-state index < -0.39 is 23.8 Å². The fraction of sp³-hybridized carbons (Fsp3) is 0.119. The predicted octanol–water partition coefficient (Wildman–Crippen LogP) is 15.8. The van der Waals surface area contributed by atoms with Gasteiger partial charge in [0, 0.05) is 22.4 Å². The number of para-hydroxylation sites is 2. The number of hydrogen-bond acceptors (Lipinski definition) is 8. The van der Waals surface area contributed by atoms with Crippen LogP contribution < -0.4 is 14.1 Å². The SMILES string of the molecule is O=S(=O)([O-])C(F)(F)F.[CH2-][C@H](c1ccccc1OC)N([C@H](C)c1ccccc1OC)p1oc2ccc3ccccc3c2c2c(ccc3ccccc32)o1.[CH2][CH][CH]C.[CH]1[CH]c2ccccc2[CH][CH]c2ccccc21.[Ir+3]. The van der Waals surface area contributed by atoms with E-state index in [0.29, 0.717) is 0 Å². The molecule has 73 heavy (non-hydrogen) atoms. The standard InChI is InChI=1S/C38H33NO4P.C16H12.C4H7.CHF3O3S.Ir/c1-25(29-15-9-11-19-33(29)40-3)39(26(2)30-16-10-12-20-34(30)41-4)44-42-35-23-21-27-13-5-7-17-31(27)37(35)38-32-18-8-6-14-28(32)22-24-36(38)43-44;1-2-6-14-11-12-16-8-4-3-7-15(16)10-9-13(14)5-1;1-3-4-2;2-1(3,4)8(5,6)7;/h5-26H,1H2,2-4H3;1-12H;3-4H,1H2,2H3;(H,5,6,7);/q-1;;;;+3/p-1/t25-,26-;;;;/m1..../s1. The molecule has 14 heteroatoms. The Morgan fingerprint density at radius 1 is 0.616 bits per heavy atom. The second kappa shape index (κ2) is 25.8. The number of methoxy groups -OCH3 is 2. The van der Waals surface area contributed by atoms with Crippen molar-refractivity contribution < 1.29 is 64.1 Å². The van der Waals surface area contributed by atoms with Gasteiger partial charge >= 0.3 is 33.8 Å². The molecule has 0 unspecified atom stereocenters. The largest absolute Gasteiger partial charge is 3.00 e. The van der Waals surface area contributed by atoms with Crippen LogP contribution in [0.5, 0.6) is 11.5 Å². The monoisotopic (exact) mass is 1200 g/mol. The van der Waals surface area contributed by atoms with Gasteiger partial charge in [-0.1, -0.05) is 159 Å². The molecular weight excluding hydrogens is 1150 g/mol. The molecule has 0 saturated heterocycles. The molecule has 7 radical (unpaired) electrons. The van der Waals surface area contributed by atoms with Gasteiger partial charge in [0.15, 0.2) is 10.1 Å². The minimum absolute atomic E-state index is 0. The molecule has 10 rings (SSSR count). The van der Waals surface area contributed by atoms with Crippen molar-refractivity contribution in [2.24, 2.45) is 0 Å². The predicted molar refractivity (Wildman–Crippen MR) is 284 cm³/mol. The van der Waals surface area contributed by atoms with Crippen LogP contribution >= 0.6 is 8.16 Å². The summed E-state index contributed by atoms with van der Waals surface area (Å²) in [6.45, 7) is 12.2. The van der Waals surface area contributed by atoms with Crippen molar-refractivity contribution in [3.8, 4) is 11.5 Å². The summed E-state index contributed by atoms with van der Waals surface area (Å²) in [6.07, 6.45) is 12.4. The van der Waals surface area contributed by atoms with Gasteiger partial charge in [0.25, 0.3) is 0 Å². The van der Waals surface area contributed by atoms with E-state index in [9.17, 15) is 13.2 Å². The summed E-state index contributed by atoms with van der Waals surface area (Å²) in [5, 5.41) is 6.57. The normalized spacial score (nSPS) is 13.0. The van der Waals surface area contributed by atoms with Crippen LogP contribution in [0.4, 0.5) is 13.2 Å². The molecule has 0 fully saturated rings. The third kappa shape index (κ3) is 13.4. The summed E-state index contributed by atoms with van der Waals surface area (Å²) >= 11 is 0. The molecule has 375 valence electrons. The van der Waals surface area contributed by atoms with E-state index in [2.05, 4.69) is 178 Å². The molecule has 1 heterocycles. The van der Waals surface area contributed by atoms with Crippen LogP contribution in [-0.4, -0.2) is 32.7 Å². The van der Waals surface area contributed by atoms with E-state index in [1.54, 1.807) is 20.6 Å². The summed E-state index contributed by atoms with van der Waals surface area (Å²) < 4.78 is 86.8. The van der Waals surface area contributed by atoms with Crippen LogP contribution in [0.1, 0.15) is 59.3 Å². The van der Waals surface area contributed by atoms with E-state index in [1.807, 2.05) is 49.7 Å². The van der Waals surface area contributed by atoms with Crippen molar-refractivity contribution in [2.45, 2.75) is 31.4 Å². The van der Waals surface area contributed by atoms with Gasteiger partial charge in [0.2, 0.25) is 0 Å². The molecule has 0 amide bonds. The van der Waals surface area contributed by atoms with Crippen molar-refractivity contribution in [1.29, 1.82) is 0 Å². The van der Waals surface area contributed by atoms with Crippen LogP contribution in [0.25, 0.3) is 43.5 Å². The van der Waals surface area contributed by atoms with Gasteiger partial charge in [-0.2, -0.15) is 13.2 Å². The van der Waals surface area contributed by atoms with Gasteiger partial charge in [0.1, 0.15) is 22.7 Å². The molecule has 0 aliphatic heterocycles. The molecule has 1 aromatic heterocycles.